The monoisotopic (exact) mass is 555 g/mol. The molecule has 5 heterocycles. The fourth-order valence-electron chi connectivity index (χ4n) is 6.47. The van der Waals surface area contributed by atoms with Gasteiger partial charge in [0.1, 0.15) is 18.2 Å². The lowest BCUT2D eigenvalue weighted by Crippen LogP contribution is -2.38. The molecule has 0 spiro atoms. The van der Waals surface area contributed by atoms with Crippen LogP contribution < -0.4 is 14.5 Å². The number of hydrogen-bond donors (Lipinski definition) is 0. The number of fused-ring (bicyclic) bond motifs is 3. The van der Waals surface area contributed by atoms with Crippen molar-refractivity contribution >= 4 is 40.0 Å². The molecular weight excluding hydrogens is 522 g/mol. The van der Waals surface area contributed by atoms with E-state index >= 15 is 0 Å². The van der Waals surface area contributed by atoms with Crippen LogP contribution in [-0.4, -0.2) is 63.7 Å². The highest BCUT2D eigenvalue weighted by Gasteiger charge is 2.30. The molecule has 1 unspecified atom stereocenters. The summed E-state index contributed by atoms with van der Waals surface area (Å²) >= 11 is 6.71. The van der Waals surface area contributed by atoms with Gasteiger partial charge >= 0.3 is 6.01 Å². The van der Waals surface area contributed by atoms with Crippen molar-refractivity contribution in [2.24, 2.45) is 0 Å². The second-order valence-electron chi connectivity index (χ2n) is 11.0. The van der Waals surface area contributed by atoms with Crippen molar-refractivity contribution < 1.29 is 4.74 Å². The number of nitrogens with zero attached hydrogens (tertiary/aromatic N) is 7. The summed E-state index contributed by atoms with van der Waals surface area (Å²) in [6, 6.07) is 13.4. The highest BCUT2D eigenvalue weighted by atomic mass is 35.5. The molecule has 4 aromatic rings. The van der Waals surface area contributed by atoms with Crippen LogP contribution in [0.3, 0.4) is 0 Å². The molecule has 7 rings (SSSR count). The van der Waals surface area contributed by atoms with Crippen LogP contribution in [-0.2, 0) is 26.1 Å². The second kappa shape index (κ2) is 10.4. The molecule has 2 aromatic carbocycles. The number of anilines is 2. The maximum atomic E-state index is 6.71. The molecule has 1 fully saturated rings. The molecule has 1 saturated heterocycles. The lowest BCUT2D eigenvalue weighted by atomic mass is 10.0. The smallest absolute Gasteiger partial charge is 0.318 e. The zero-order valence-electron chi connectivity index (χ0n) is 22.9. The summed E-state index contributed by atoms with van der Waals surface area (Å²) in [6.07, 6.45) is 6.98. The second-order valence-corrected chi connectivity index (χ2v) is 11.4. The summed E-state index contributed by atoms with van der Waals surface area (Å²) in [7, 11) is 2.17. The predicted octanol–water partition coefficient (Wildman–Crippen LogP) is 5.18. The van der Waals surface area contributed by atoms with Crippen LogP contribution in [0.15, 0.2) is 49.2 Å². The molecule has 1 atom stereocenters. The number of ether oxygens (including phenoxy) is 1. The number of likely N-dealkylation sites (tertiary alicyclic amines) is 1. The lowest BCUT2D eigenvalue weighted by Gasteiger charge is -2.36. The van der Waals surface area contributed by atoms with Crippen molar-refractivity contribution in [2.45, 2.75) is 44.9 Å². The Morgan fingerprint density at radius 3 is 2.75 bits per heavy atom. The van der Waals surface area contributed by atoms with Gasteiger partial charge in [-0.2, -0.15) is 9.97 Å². The fraction of sp³-hybridized carbons (Fsp3) is 0.387. The van der Waals surface area contributed by atoms with E-state index in [1.165, 1.54) is 17.7 Å². The van der Waals surface area contributed by atoms with Gasteiger partial charge in [-0.3, -0.25) is 0 Å². The van der Waals surface area contributed by atoms with Gasteiger partial charge in [-0.15, -0.1) is 0 Å². The summed E-state index contributed by atoms with van der Waals surface area (Å²) in [5, 5.41) is 3.01. The first kappa shape index (κ1) is 25.4. The Labute approximate surface area is 239 Å². The van der Waals surface area contributed by atoms with Crippen molar-refractivity contribution in [3.63, 3.8) is 0 Å². The van der Waals surface area contributed by atoms with Gasteiger partial charge in [-0.1, -0.05) is 42.4 Å². The molecule has 0 saturated carbocycles. The highest BCUT2D eigenvalue weighted by Crippen LogP contribution is 2.37. The number of rotatable bonds is 6. The third-order valence-electron chi connectivity index (χ3n) is 8.67. The number of halogens is 1. The first-order chi connectivity index (χ1) is 19.6. The highest BCUT2D eigenvalue weighted by molar-refractivity contribution is 6.36. The van der Waals surface area contributed by atoms with Gasteiger partial charge in [0.2, 0.25) is 0 Å². The van der Waals surface area contributed by atoms with Crippen molar-refractivity contribution in [1.29, 1.82) is 0 Å². The van der Waals surface area contributed by atoms with Crippen LogP contribution in [0.4, 0.5) is 11.5 Å². The van der Waals surface area contributed by atoms with E-state index in [1.54, 1.807) is 0 Å². The van der Waals surface area contributed by atoms with Gasteiger partial charge in [-0.05, 0) is 56.4 Å². The molecule has 3 aliphatic rings. The van der Waals surface area contributed by atoms with Gasteiger partial charge in [-0.25, -0.2) is 4.98 Å². The van der Waals surface area contributed by atoms with Crippen LogP contribution in [0.5, 0.6) is 6.01 Å². The van der Waals surface area contributed by atoms with Crippen LogP contribution in [0.1, 0.15) is 35.6 Å². The molecule has 0 radical (unpaired) electrons. The maximum absolute atomic E-state index is 6.71. The van der Waals surface area contributed by atoms with Gasteiger partial charge in [0, 0.05) is 42.3 Å². The van der Waals surface area contributed by atoms with Gasteiger partial charge in [0.15, 0.2) is 0 Å². The summed E-state index contributed by atoms with van der Waals surface area (Å²) in [5.74, 6) is 1.91. The topological polar surface area (TPSA) is 62.6 Å². The van der Waals surface area contributed by atoms with E-state index in [1.807, 2.05) is 24.4 Å². The molecule has 0 aliphatic carbocycles. The Hall–Kier alpha value is -3.62. The first-order valence-electron chi connectivity index (χ1n) is 14.2. The van der Waals surface area contributed by atoms with Crippen LogP contribution in [0.25, 0.3) is 16.8 Å². The number of aromatic nitrogens is 4. The molecule has 3 aliphatic heterocycles. The summed E-state index contributed by atoms with van der Waals surface area (Å²) in [4.78, 5) is 21.7. The Kier molecular flexibility index (Phi) is 6.60. The summed E-state index contributed by atoms with van der Waals surface area (Å²) < 4.78 is 8.56. The third-order valence-corrected chi connectivity index (χ3v) is 8.98. The van der Waals surface area contributed by atoms with E-state index in [-0.39, 0.29) is 0 Å². The van der Waals surface area contributed by atoms with Crippen LogP contribution in [0, 0.1) is 0 Å². The lowest BCUT2D eigenvalue weighted by molar-refractivity contribution is 0.187. The summed E-state index contributed by atoms with van der Waals surface area (Å²) in [6.45, 7) is 9.63. The van der Waals surface area contributed by atoms with E-state index in [9.17, 15) is 0 Å². The normalized spacial score (nSPS) is 19.1. The van der Waals surface area contributed by atoms with E-state index in [4.69, 9.17) is 26.3 Å². The molecule has 8 nitrogen and oxygen atoms in total. The molecule has 9 heteroatoms. The molecule has 0 N–H and O–H groups in total. The minimum atomic E-state index is 0.402. The Balaban J connectivity index is 1.24. The zero-order chi connectivity index (χ0) is 27.2. The average molecular weight is 556 g/mol. The quantitative estimate of drug-likeness (QED) is 0.325. The molecule has 0 amide bonds. The standard InChI is InChI=1S/C31H34ClN7O/c1-3-28-33-17-23-18-38(15-16-39(23)28)30-24-12-14-37(27-11-5-8-21-7-4-10-25(32)29(21)27)19-26(24)34-31(35-30)40-20-22-9-6-13-36(22)2/h3-5,7-8,10-11,17,22H,1,6,9,12-16,18-20H2,2H3. The van der Waals surface area contributed by atoms with Gasteiger partial charge in [0.05, 0.1) is 35.7 Å². The first-order valence-corrected chi connectivity index (χ1v) is 14.5. The number of hydrogen-bond acceptors (Lipinski definition) is 7. The Morgan fingerprint density at radius 2 is 1.93 bits per heavy atom. The molecule has 2 aromatic heterocycles. The fourth-order valence-corrected chi connectivity index (χ4v) is 6.75. The van der Waals surface area contributed by atoms with E-state index < -0.39 is 0 Å². The largest absolute Gasteiger partial charge is 0.462 e. The number of likely N-dealkylation sites (N-methyl/N-ethyl adjacent to an activating group) is 1. The van der Waals surface area contributed by atoms with Crippen LogP contribution in [0.2, 0.25) is 5.02 Å². The van der Waals surface area contributed by atoms with Gasteiger partial charge in [0.25, 0.3) is 0 Å². The Morgan fingerprint density at radius 1 is 1.05 bits per heavy atom. The number of imidazole rings is 1. The molecular formula is C31H34ClN7O. The third kappa shape index (κ3) is 4.49. The molecule has 40 heavy (non-hydrogen) atoms. The van der Waals surface area contributed by atoms with Crippen molar-refractivity contribution in [3.8, 4) is 6.01 Å². The van der Waals surface area contributed by atoms with Gasteiger partial charge < -0.3 is 24.0 Å². The Bertz CT molecular complexity index is 1580. The maximum Gasteiger partial charge on any atom is 0.318 e. The van der Waals surface area contributed by atoms with Crippen molar-refractivity contribution in [1.82, 2.24) is 24.4 Å². The molecule has 206 valence electrons. The zero-order valence-corrected chi connectivity index (χ0v) is 23.6. The summed E-state index contributed by atoms with van der Waals surface area (Å²) in [5.41, 5.74) is 4.56. The number of benzene rings is 2. The van der Waals surface area contributed by atoms with Crippen molar-refractivity contribution in [3.05, 3.63) is 77.0 Å². The SMILES string of the molecule is C=Cc1ncc2n1CCN(c1nc(OCC3CCCN3C)nc3c1CCN(c1cccc4cccc(Cl)c14)C3)C2. The minimum Gasteiger partial charge on any atom is -0.462 e. The van der Waals surface area contributed by atoms with E-state index in [0.717, 1.165) is 84.4 Å². The van der Waals surface area contributed by atoms with Crippen LogP contribution >= 0.6 is 11.6 Å². The van der Waals surface area contributed by atoms with E-state index in [0.29, 0.717) is 25.2 Å². The minimum absolute atomic E-state index is 0.402. The van der Waals surface area contributed by atoms with Crippen molar-refractivity contribution in [2.75, 3.05) is 43.1 Å². The molecule has 0 bridgehead atoms. The van der Waals surface area contributed by atoms with E-state index in [2.05, 4.69) is 62.1 Å². The average Bonchev–Trinajstić information content (AvgIpc) is 3.60. The predicted molar refractivity (Wildman–Crippen MR) is 160 cm³/mol.